The zero-order valence-corrected chi connectivity index (χ0v) is 12.1. The summed E-state index contributed by atoms with van der Waals surface area (Å²) in [6.07, 6.45) is 0. The summed E-state index contributed by atoms with van der Waals surface area (Å²) in [5.41, 5.74) is 1.09. The first-order chi connectivity index (χ1) is 8.97. The van der Waals surface area contributed by atoms with Gasteiger partial charge in [0.25, 0.3) is 0 Å². The van der Waals surface area contributed by atoms with Gasteiger partial charge in [0.2, 0.25) is 0 Å². The largest absolute Gasteiger partial charge is 0.507 e. The lowest BCUT2D eigenvalue weighted by molar-refractivity contribution is 0.0874. The van der Waals surface area contributed by atoms with Crippen molar-refractivity contribution in [2.45, 2.75) is 6.92 Å². The van der Waals surface area contributed by atoms with Crippen molar-refractivity contribution in [3.63, 3.8) is 0 Å². The van der Waals surface area contributed by atoms with E-state index in [2.05, 4.69) is 16.8 Å². The van der Waals surface area contributed by atoms with E-state index < -0.39 is 0 Å². The van der Waals surface area contributed by atoms with Crippen LogP contribution in [0, 0.1) is 6.92 Å². The molecule has 1 aliphatic rings. The van der Waals surface area contributed by atoms with E-state index in [4.69, 9.17) is 11.6 Å². The van der Waals surface area contributed by atoms with Crippen LogP contribution in [-0.4, -0.2) is 60.5 Å². The van der Waals surface area contributed by atoms with Gasteiger partial charge in [0.1, 0.15) is 5.75 Å². The molecule has 0 amide bonds. The summed E-state index contributed by atoms with van der Waals surface area (Å²) < 4.78 is 0. The van der Waals surface area contributed by atoms with E-state index in [1.54, 1.807) is 19.1 Å². The molecule has 2 rings (SSSR count). The number of halogens is 1. The Kier molecular flexibility index (Phi) is 4.45. The van der Waals surface area contributed by atoms with Gasteiger partial charge < -0.3 is 10.0 Å². The fourth-order valence-corrected chi connectivity index (χ4v) is 2.35. The summed E-state index contributed by atoms with van der Waals surface area (Å²) >= 11 is 6.01. The molecule has 1 saturated heterocycles. The third kappa shape index (κ3) is 3.47. The van der Waals surface area contributed by atoms with Crippen molar-refractivity contribution in [3.05, 3.63) is 28.3 Å². The Balaban J connectivity index is 2.06. The minimum absolute atomic E-state index is 0.0148. The lowest BCUT2D eigenvalue weighted by Gasteiger charge is -2.31. The third-order valence-electron chi connectivity index (χ3n) is 3.54. The molecule has 0 spiro atoms. The van der Waals surface area contributed by atoms with Gasteiger partial charge in [0, 0.05) is 31.2 Å². The highest BCUT2D eigenvalue weighted by Crippen LogP contribution is 2.26. The normalized spacial score (nSPS) is 17.6. The molecule has 1 aliphatic heterocycles. The molecule has 1 aromatic carbocycles. The average molecular weight is 283 g/mol. The van der Waals surface area contributed by atoms with Crippen molar-refractivity contribution >= 4 is 17.4 Å². The number of nitrogens with zero attached hydrogens (tertiary/aromatic N) is 2. The van der Waals surface area contributed by atoms with Gasteiger partial charge in [-0.1, -0.05) is 11.6 Å². The maximum atomic E-state index is 12.2. The summed E-state index contributed by atoms with van der Waals surface area (Å²) in [7, 11) is 2.07. The molecule has 0 aromatic heterocycles. The molecule has 1 fully saturated rings. The van der Waals surface area contributed by atoms with Crippen LogP contribution in [0.1, 0.15) is 15.9 Å². The molecule has 0 bridgehead atoms. The smallest absolute Gasteiger partial charge is 0.180 e. The van der Waals surface area contributed by atoms with Gasteiger partial charge in [-0.05, 0) is 31.7 Å². The van der Waals surface area contributed by atoms with E-state index in [1.807, 2.05) is 0 Å². The Labute approximate surface area is 118 Å². The number of benzene rings is 1. The van der Waals surface area contributed by atoms with Gasteiger partial charge in [-0.2, -0.15) is 0 Å². The summed E-state index contributed by atoms with van der Waals surface area (Å²) in [6, 6.07) is 3.10. The molecule has 5 heteroatoms. The molecule has 19 heavy (non-hydrogen) atoms. The molecule has 1 heterocycles. The van der Waals surface area contributed by atoms with E-state index in [1.165, 1.54) is 0 Å². The Morgan fingerprint density at radius 1 is 1.32 bits per heavy atom. The standard InChI is InChI=1S/C14H19ClN2O2/c1-10-7-13(18)11(8-12(10)15)14(19)9-17-5-3-16(2)4-6-17/h7-8,18H,3-6,9H2,1-2H3. The van der Waals surface area contributed by atoms with Crippen molar-refractivity contribution in [3.8, 4) is 5.75 Å². The van der Waals surface area contributed by atoms with Crippen LogP contribution in [0.15, 0.2) is 12.1 Å². The van der Waals surface area contributed by atoms with E-state index in [0.29, 0.717) is 17.1 Å². The summed E-state index contributed by atoms with van der Waals surface area (Å²) in [5, 5.41) is 10.4. The third-order valence-corrected chi connectivity index (χ3v) is 3.95. The first-order valence-corrected chi connectivity index (χ1v) is 6.78. The van der Waals surface area contributed by atoms with Crippen LogP contribution in [-0.2, 0) is 0 Å². The van der Waals surface area contributed by atoms with E-state index in [9.17, 15) is 9.90 Å². The van der Waals surface area contributed by atoms with Gasteiger partial charge in [-0.25, -0.2) is 0 Å². The van der Waals surface area contributed by atoms with Gasteiger partial charge in [-0.3, -0.25) is 9.69 Å². The number of piperazine rings is 1. The topological polar surface area (TPSA) is 43.8 Å². The quantitative estimate of drug-likeness (QED) is 0.859. The van der Waals surface area contributed by atoms with Crippen LogP contribution in [0.4, 0.5) is 0 Å². The van der Waals surface area contributed by atoms with Gasteiger partial charge >= 0.3 is 0 Å². The lowest BCUT2D eigenvalue weighted by atomic mass is 10.1. The fourth-order valence-electron chi connectivity index (χ4n) is 2.18. The highest BCUT2D eigenvalue weighted by molar-refractivity contribution is 6.31. The Hall–Kier alpha value is -1.10. The lowest BCUT2D eigenvalue weighted by Crippen LogP contribution is -2.46. The number of phenolic OH excluding ortho intramolecular Hbond substituents is 1. The molecular weight excluding hydrogens is 264 g/mol. The number of ketones is 1. The zero-order chi connectivity index (χ0) is 14.0. The molecule has 0 saturated carbocycles. The van der Waals surface area contributed by atoms with Crippen molar-refractivity contribution in [2.24, 2.45) is 0 Å². The number of carbonyl (C=O) groups excluding carboxylic acids is 1. The number of aromatic hydroxyl groups is 1. The number of rotatable bonds is 3. The van der Waals surface area contributed by atoms with E-state index >= 15 is 0 Å². The van der Waals surface area contributed by atoms with E-state index in [0.717, 1.165) is 31.7 Å². The minimum atomic E-state index is -0.0797. The molecule has 0 aliphatic carbocycles. The first kappa shape index (κ1) is 14.3. The van der Waals surface area contributed by atoms with Crippen LogP contribution in [0.3, 0.4) is 0 Å². The Bertz CT molecular complexity index is 483. The van der Waals surface area contributed by atoms with Gasteiger partial charge in [-0.15, -0.1) is 0 Å². The van der Waals surface area contributed by atoms with Crippen LogP contribution in [0.25, 0.3) is 0 Å². The van der Waals surface area contributed by atoms with Crippen LogP contribution >= 0.6 is 11.6 Å². The molecule has 0 atom stereocenters. The summed E-state index contributed by atoms with van der Waals surface area (Å²) in [5.74, 6) is -0.0648. The number of aryl methyl sites for hydroxylation is 1. The number of likely N-dealkylation sites (N-methyl/N-ethyl adjacent to an activating group) is 1. The number of carbonyl (C=O) groups is 1. The van der Waals surface area contributed by atoms with Crippen LogP contribution in [0.2, 0.25) is 5.02 Å². The summed E-state index contributed by atoms with van der Waals surface area (Å²) in [4.78, 5) is 16.5. The van der Waals surface area contributed by atoms with Crippen molar-refractivity contribution < 1.29 is 9.90 Å². The van der Waals surface area contributed by atoms with Gasteiger partial charge in [0.15, 0.2) is 5.78 Å². The Morgan fingerprint density at radius 2 is 1.95 bits per heavy atom. The number of Topliss-reactive ketones (excluding diaryl/α,β-unsaturated/α-hetero) is 1. The van der Waals surface area contributed by atoms with Crippen molar-refractivity contribution in [1.29, 1.82) is 0 Å². The van der Waals surface area contributed by atoms with E-state index in [-0.39, 0.29) is 11.5 Å². The highest BCUT2D eigenvalue weighted by atomic mass is 35.5. The number of hydrogen-bond donors (Lipinski definition) is 1. The monoisotopic (exact) mass is 282 g/mol. The summed E-state index contributed by atoms with van der Waals surface area (Å²) in [6.45, 7) is 5.82. The zero-order valence-electron chi connectivity index (χ0n) is 11.3. The fraction of sp³-hybridized carbons (Fsp3) is 0.500. The van der Waals surface area contributed by atoms with Gasteiger partial charge in [0.05, 0.1) is 12.1 Å². The molecule has 104 valence electrons. The molecule has 0 radical (unpaired) electrons. The second kappa shape index (κ2) is 5.90. The number of phenols is 1. The SMILES string of the molecule is Cc1cc(O)c(C(=O)CN2CCN(C)CC2)cc1Cl. The molecule has 1 aromatic rings. The number of hydrogen-bond acceptors (Lipinski definition) is 4. The maximum Gasteiger partial charge on any atom is 0.180 e. The second-order valence-electron chi connectivity index (χ2n) is 5.12. The molecule has 4 nitrogen and oxygen atoms in total. The first-order valence-electron chi connectivity index (χ1n) is 6.40. The predicted octanol–water partition coefficient (Wildman–Crippen LogP) is 1.78. The van der Waals surface area contributed by atoms with Crippen LogP contribution in [0.5, 0.6) is 5.75 Å². The highest BCUT2D eigenvalue weighted by Gasteiger charge is 2.19. The predicted molar refractivity (Wildman–Crippen MR) is 76.1 cm³/mol. The molecular formula is C14H19ClN2O2. The Morgan fingerprint density at radius 3 is 2.58 bits per heavy atom. The van der Waals surface area contributed by atoms with Crippen LogP contribution < -0.4 is 0 Å². The molecule has 1 N–H and O–H groups in total. The minimum Gasteiger partial charge on any atom is -0.507 e. The maximum absolute atomic E-state index is 12.2. The van der Waals surface area contributed by atoms with Crippen molar-refractivity contribution in [1.82, 2.24) is 9.80 Å². The average Bonchev–Trinajstić information content (AvgIpc) is 2.36. The molecule has 0 unspecified atom stereocenters. The second-order valence-corrected chi connectivity index (χ2v) is 5.53. The van der Waals surface area contributed by atoms with Crippen molar-refractivity contribution in [2.75, 3.05) is 39.8 Å².